The summed E-state index contributed by atoms with van der Waals surface area (Å²) in [4.78, 5) is 27.1. The molecule has 5 rings (SSSR count). The summed E-state index contributed by atoms with van der Waals surface area (Å²) in [6.45, 7) is 1.99. The third-order valence-electron chi connectivity index (χ3n) is 7.63. The van der Waals surface area contributed by atoms with Gasteiger partial charge in [0, 0.05) is 21.7 Å². The van der Waals surface area contributed by atoms with Crippen LogP contribution < -0.4 is 4.31 Å². The molecule has 0 aromatic heterocycles. The number of benzene rings is 3. The highest BCUT2D eigenvalue weighted by atomic mass is 35.5. The van der Waals surface area contributed by atoms with Crippen LogP contribution in [-0.4, -0.2) is 44.4 Å². The molecule has 1 amide bonds. The summed E-state index contributed by atoms with van der Waals surface area (Å²) in [7, 11) is -1.48. The van der Waals surface area contributed by atoms with Crippen molar-refractivity contribution in [3.8, 4) is 0 Å². The van der Waals surface area contributed by atoms with E-state index in [2.05, 4.69) is 0 Å². The van der Waals surface area contributed by atoms with Crippen molar-refractivity contribution in [2.75, 3.05) is 16.6 Å². The van der Waals surface area contributed by atoms with E-state index in [1.807, 2.05) is 47.4 Å². The number of para-hydroxylation sites is 1. The minimum Gasteiger partial charge on any atom is -0.481 e. The summed E-state index contributed by atoms with van der Waals surface area (Å²) in [5, 5.41) is 10.8. The molecule has 1 N–H and O–H groups in total. The van der Waals surface area contributed by atoms with Crippen LogP contribution in [0.3, 0.4) is 0 Å². The molecule has 1 aliphatic heterocycles. The average Bonchev–Trinajstić information content (AvgIpc) is 3.82. The van der Waals surface area contributed by atoms with Crippen molar-refractivity contribution in [2.45, 2.75) is 51.1 Å². The van der Waals surface area contributed by atoms with E-state index < -0.39 is 28.7 Å². The first kappa shape index (κ1) is 32.0. The predicted molar refractivity (Wildman–Crippen MR) is 166 cm³/mol. The van der Waals surface area contributed by atoms with Crippen LogP contribution in [0.25, 0.3) is 0 Å². The molecule has 0 spiro atoms. The molecule has 3 aromatic rings. The summed E-state index contributed by atoms with van der Waals surface area (Å²) in [5.41, 5.74) is 1.17. The first-order chi connectivity index (χ1) is 20.2. The Morgan fingerprint density at radius 2 is 1.60 bits per heavy atom. The number of piperidine rings is 1. The smallest absolute Gasteiger partial charge is 0.304 e. The van der Waals surface area contributed by atoms with Crippen molar-refractivity contribution < 1.29 is 23.3 Å². The fourth-order valence-electron chi connectivity index (χ4n) is 5.42. The minimum atomic E-state index is -1.48. The lowest BCUT2D eigenvalue weighted by Crippen LogP contribution is -2.54. The molecule has 0 bridgehead atoms. The number of halogens is 3. The number of hydrogen-bond acceptors (Lipinski definition) is 3. The van der Waals surface area contributed by atoms with E-state index in [-0.39, 0.29) is 42.6 Å². The monoisotopic (exact) mass is 632 g/mol. The van der Waals surface area contributed by atoms with Gasteiger partial charge in [0.15, 0.2) is 0 Å². The SMILES string of the molecule is CCS(=O)N(CC(C1CC1)N1C(=O)[C@@H](CC(=O)O)CC[C@H]1c1ccc(Cl)cc1)c1ccccc1F.Clc1ccccc1. The molecule has 2 aliphatic rings. The summed E-state index contributed by atoms with van der Waals surface area (Å²) in [6.07, 6.45) is 2.69. The third-order valence-corrected chi connectivity index (χ3v) is 9.46. The number of carbonyl (C=O) groups is 2. The minimum absolute atomic E-state index is 0.181. The first-order valence-corrected chi connectivity index (χ1v) is 16.1. The highest BCUT2D eigenvalue weighted by Crippen LogP contribution is 2.44. The average molecular weight is 634 g/mol. The number of nitrogens with zero attached hydrogens (tertiary/aromatic N) is 2. The molecule has 1 saturated heterocycles. The van der Waals surface area contributed by atoms with E-state index >= 15 is 0 Å². The van der Waals surface area contributed by atoms with Crippen molar-refractivity contribution in [1.29, 1.82) is 0 Å². The Morgan fingerprint density at radius 3 is 2.14 bits per heavy atom. The summed E-state index contributed by atoms with van der Waals surface area (Å²) < 4.78 is 29.4. The topological polar surface area (TPSA) is 77.9 Å². The van der Waals surface area contributed by atoms with Gasteiger partial charge in [0.2, 0.25) is 5.91 Å². The van der Waals surface area contributed by atoms with Crippen LogP contribution in [0.5, 0.6) is 0 Å². The van der Waals surface area contributed by atoms with Gasteiger partial charge in [-0.05, 0) is 73.6 Å². The van der Waals surface area contributed by atoms with Crippen molar-refractivity contribution in [2.24, 2.45) is 11.8 Å². The van der Waals surface area contributed by atoms with Crippen LogP contribution in [0.4, 0.5) is 10.1 Å². The van der Waals surface area contributed by atoms with Gasteiger partial charge in [-0.15, -0.1) is 0 Å². The second kappa shape index (κ2) is 15.0. The van der Waals surface area contributed by atoms with Gasteiger partial charge >= 0.3 is 5.97 Å². The normalized spacial score (nSPS) is 19.8. The third kappa shape index (κ3) is 8.33. The zero-order chi connectivity index (χ0) is 30.2. The maximum absolute atomic E-state index is 14.8. The number of carbonyl (C=O) groups excluding carboxylic acids is 1. The molecular formula is C32H35Cl2FN2O4S. The Balaban J connectivity index is 0.000000507. The molecular weight excluding hydrogens is 598 g/mol. The van der Waals surface area contributed by atoms with E-state index in [1.165, 1.54) is 6.07 Å². The lowest BCUT2D eigenvalue weighted by atomic mass is 9.84. The van der Waals surface area contributed by atoms with Crippen LogP contribution in [0.15, 0.2) is 78.9 Å². The van der Waals surface area contributed by atoms with E-state index in [0.717, 1.165) is 23.4 Å². The molecule has 42 heavy (non-hydrogen) atoms. The van der Waals surface area contributed by atoms with Crippen LogP contribution in [0.2, 0.25) is 10.0 Å². The van der Waals surface area contributed by atoms with Gasteiger partial charge < -0.3 is 10.0 Å². The number of aliphatic carboxylic acids is 1. The van der Waals surface area contributed by atoms with Gasteiger partial charge in [-0.25, -0.2) is 8.60 Å². The fraction of sp³-hybridized carbons (Fsp3) is 0.375. The Kier molecular flexibility index (Phi) is 11.4. The van der Waals surface area contributed by atoms with Gasteiger partial charge in [0.1, 0.15) is 16.8 Å². The standard InChI is InChI=1S/C26H30ClFN2O4S.C6H5Cl/c1-2-35(34)29(23-6-4-3-5-21(23)28)16-24(18-7-8-18)30-22(17-9-12-20(27)13-10-17)14-11-19(26(30)33)15-25(31)32;7-6-4-2-1-3-5-6/h3-6,9-10,12-13,18-19,22,24H,2,7-8,11,14-16H2,1H3,(H,31,32);1-5H/t19-,22+,24?,35?;/m1./s1. The Hall–Kier alpha value is -2.94. The molecule has 1 heterocycles. The lowest BCUT2D eigenvalue weighted by Gasteiger charge is -2.45. The van der Waals surface area contributed by atoms with Crippen LogP contribution in [0.1, 0.15) is 50.6 Å². The van der Waals surface area contributed by atoms with E-state index in [4.69, 9.17) is 23.2 Å². The number of amides is 1. The maximum Gasteiger partial charge on any atom is 0.304 e. The highest BCUT2D eigenvalue weighted by Gasteiger charge is 2.46. The molecule has 2 fully saturated rings. The second-order valence-corrected chi connectivity index (χ2v) is 13.0. The van der Waals surface area contributed by atoms with E-state index in [0.29, 0.717) is 23.6 Å². The zero-order valence-corrected chi connectivity index (χ0v) is 25.7. The van der Waals surface area contributed by atoms with Crippen molar-refractivity contribution >= 4 is 51.8 Å². The number of rotatable bonds is 10. The summed E-state index contributed by atoms with van der Waals surface area (Å²) >= 11 is 11.6. The van der Waals surface area contributed by atoms with Gasteiger partial charge in [-0.2, -0.15) is 0 Å². The van der Waals surface area contributed by atoms with Gasteiger partial charge in [0.05, 0.1) is 30.7 Å². The molecule has 6 nitrogen and oxygen atoms in total. The van der Waals surface area contributed by atoms with Crippen LogP contribution in [-0.2, 0) is 20.6 Å². The Labute approximate surface area is 259 Å². The molecule has 2 unspecified atom stereocenters. The largest absolute Gasteiger partial charge is 0.481 e. The van der Waals surface area contributed by atoms with Crippen LogP contribution >= 0.6 is 23.2 Å². The van der Waals surface area contributed by atoms with E-state index in [1.54, 1.807) is 41.6 Å². The molecule has 0 radical (unpaired) electrons. The first-order valence-electron chi connectivity index (χ1n) is 14.1. The van der Waals surface area contributed by atoms with E-state index in [9.17, 15) is 23.3 Å². The number of carboxylic acid groups (broad SMARTS) is 1. The number of anilines is 1. The molecule has 10 heteroatoms. The molecule has 4 atom stereocenters. The second-order valence-electron chi connectivity index (χ2n) is 10.5. The lowest BCUT2D eigenvalue weighted by molar-refractivity contribution is -0.151. The quantitative estimate of drug-likeness (QED) is 0.250. The molecule has 1 aliphatic carbocycles. The van der Waals surface area contributed by atoms with Gasteiger partial charge in [-0.1, -0.05) is 72.6 Å². The van der Waals surface area contributed by atoms with Crippen LogP contribution in [0, 0.1) is 17.7 Å². The number of carboxylic acids is 1. The molecule has 1 saturated carbocycles. The van der Waals surface area contributed by atoms with Gasteiger partial charge in [0.25, 0.3) is 0 Å². The Morgan fingerprint density at radius 1 is 0.976 bits per heavy atom. The molecule has 3 aromatic carbocycles. The van der Waals surface area contributed by atoms with Gasteiger partial charge in [-0.3, -0.25) is 13.9 Å². The highest BCUT2D eigenvalue weighted by molar-refractivity contribution is 7.86. The predicted octanol–water partition coefficient (Wildman–Crippen LogP) is 7.54. The molecule has 224 valence electrons. The van der Waals surface area contributed by atoms with Crippen molar-refractivity contribution in [1.82, 2.24) is 4.90 Å². The number of likely N-dealkylation sites (tertiary alicyclic amines) is 1. The number of hydrogen-bond donors (Lipinski definition) is 1. The zero-order valence-electron chi connectivity index (χ0n) is 23.4. The van der Waals surface area contributed by atoms with Crippen molar-refractivity contribution in [3.05, 3.63) is 100 Å². The Bertz CT molecular complexity index is 1370. The van der Waals surface area contributed by atoms with Crippen molar-refractivity contribution in [3.63, 3.8) is 0 Å². The fourth-order valence-corrected chi connectivity index (χ4v) is 6.69. The maximum atomic E-state index is 14.8. The summed E-state index contributed by atoms with van der Waals surface area (Å²) in [5.74, 6) is -1.80. The summed E-state index contributed by atoms with van der Waals surface area (Å²) in [6, 6.07) is 22.5.